The Morgan fingerprint density at radius 3 is 2.70 bits per heavy atom. The predicted octanol–water partition coefficient (Wildman–Crippen LogP) is 2.25. The van der Waals surface area contributed by atoms with Gasteiger partial charge in [-0.3, -0.25) is 4.98 Å². The summed E-state index contributed by atoms with van der Waals surface area (Å²) in [6.45, 7) is 3.90. The molecule has 2 N–H and O–H groups in total. The largest absolute Gasteiger partial charge is 0.361 e. The van der Waals surface area contributed by atoms with Gasteiger partial charge in [0.2, 0.25) is 0 Å². The number of nitrogens with one attached hydrogen (secondary N) is 2. The average molecular weight is 329 g/mol. The van der Waals surface area contributed by atoms with E-state index in [0.717, 1.165) is 29.6 Å². The summed E-state index contributed by atoms with van der Waals surface area (Å²) in [5.74, 6) is 0. The van der Waals surface area contributed by atoms with Crippen LogP contribution in [0.25, 0.3) is 0 Å². The van der Waals surface area contributed by atoms with Gasteiger partial charge in [-0.1, -0.05) is 6.07 Å². The van der Waals surface area contributed by atoms with Crippen molar-refractivity contribution in [2.75, 3.05) is 27.2 Å². The fourth-order valence-corrected chi connectivity index (χ4v) is 3.32. The number of hydrogen-bond acceptors (Lipinski definition) is 3. The first-order valence-electron chi connectivity index (χ1n) is 7.84. The van der Waals surface area contributed by atoms with E-state index in [-0.39, 0.29) is 12.1 Å². The lowest BCUT2D eigenvalue weighted by atomic mass is 10.0. The van der Waals surface area contributed by atoms with Crippen LogP contribution < -0.4 is 5.32 Å². The molecule has 0 amide bonds. The number of aromatic nitrogens is 2. The Hall–Kier alpha value is -1.92. The zero-order chi connectivity index (χ0) is 16.4. The summed E-state index contributed by atoms with van der Waals surface area (Å²) in [5, 5.41) is 4.25. The van der Waals surface area contributed by atoms with Crippen LogP contribution in [0.1, 0.15) is 29.2 Å². The quantitative estimate of drug-likeness (QED) is 0.824. The van der Waals surface area contributed by atoms with Gasteiger partial charge in [-0.2, -0.15) is 0 Å². The molecule has 23 heavy (non-hydrogen) atoms. The molecule has 0 spiro atoms. The van der Waals surface area contributed by atoms with E-state index < -0.39 is 0 Å². The number of hydrogen-bond donors (Lipinski definition) is 2. The lowest BCUT2D eigenvalue weighted by Gasteiger charge is -2.28. The van der Waals surface area contributed by atoms with Crippen LogP contribution in [0, 0.1) is 6.92 Å². The number of likely N-dealkylation sites (N-methyl/N-ethyl adjacent to an activating group) is 1. The monoisotopic (exact) mass is 329 g/mol. The third kappa shape index (κ3) is 3.38. The Kier molecular flexibility index (Phi) is 4.63. The topological polar surface area (TPSA) is 47.2 Å². The van der Waals surface area contributed by atoms with Gasteiger partial charge in [0.15, 0.2) is 5.11 Å². The van der Waals surface area contributed by atoms with Crippen LogP contribution in [0.15, 0.2) is 36.5 Å². The average Bonchev–Trinajstić information content (AvgIpc) is 3.09. The summed E-state index contributed by atoms with van der Waals surface area (Å²) in [4.78, 5) is 12.4. The third-order valence-electron chi connectivity index (χ3n) is 4.16. The highest BCUT2D eigenvalue weighted by Crippen LogP contribution is 2.37. The Morgan fingerprint density at radius 2 is 2.09 bits per heavy atom. The van der Waals surface area contributed by atoms with Crippen molar-refractivity contribution in [3.8, 4) is 0 Å². The third-order valence-corrected chi connectivity index (χ3v) is 4.51. The fourth-order valence-electron chi connectivity index (χ4n) is 2.99. The summed E-state index contributed by atoms with van der Waals surface area (Å²) < 4.78 is 0. The molecule has 5 nitrogen and oxygen atoms in total. The maximum absolute atomic E-state index is 5.61. The molecule has 2 aromatic heterocycles. The summed E-state index contributed by atoms with van der Waals surface area (Å²) in [6.07, 6.45) is 1.83. The fraction of sp³-hybridized carbons (Fsp3) is 0.412. The van der Waals surface area contributed by atoms with Gasteiger partial charge in [0, 0.05) is 30.7 Å². The van der Waals surface area contributed by atoms with Crippen molar-refractivity contribution < 1.29 is 0 Å². The first-order valence-corrected chi connectivity index (χ1v) is 8.25. The molecule has 0 radical (unpaired) electrons. The first-order chi connectivity index (χ1) is 11.1. The molecule has 1 saturated heterocycles. The van der Waals surface area contributed by atoms with Crippen molar-refractivity contribution in [3.63, 3.8) is 0 Å². The van der Waals surface area contributed by atoms with Gasteiger partial charge in [0.1, 0.15) is 0 Å². The van der Waals surface area contributed by atoms with E-state index in [4.69, 9.17) is 12.2 Å². The standard InChI is InChI=1S/C17H23N5S/c1-12-7-8-14(19-12)16-15(13-6-4-5-9-18-13)20-17(23)22(16)11-10-21(2)3/h4-9,15-16,19H,10-11H2,1-3H3,(H,20,23)/t15-,16-/m0/s1. The van der Waals surface area contributed by atoms with Crippen molar-refractivity contribution in [1.82, 2.24) is 25.1 Å². The molecule has 1 aliphatic rings. The van der Waals surface area contributed by atoms with Crippen molar-refractivity contribution in [3.05, 3.63) is 53.6 Å². The molecule has 1 aliphatic heterocycles. The van der Waals surface area contributed by atoms with Crippen molar-refractivity contribution in [2.45, 2.75) is 19.0 Å². The van der Waals surface area contributed by atoms with Crippen LogP contribution in [0.2, 0.25) is 0 Å². The second-order valence-electron chi connectivity index (χ2n) is 6.22. The predicted molar refractivity (Wildman–Crippen MR) is 96.2 cm³/mol. The van der Waals surface area contributed by atoms with Gasteiger partial charge in [0.25, 0.3) is 0 Å². The molecule has 0 aromatic carbocycles. The molecule has 122 valence electrons. The Bertz CT molecular complexity index is 667. The molecule has 0 bridgehead atoms. The maximum Gasteiger partial charge on any atom is 0.170 e. The number of H-pyrrole nitrogens is 1. The number of aryl methyl sites for hydroxylation is 1. The Morgan fingerprint density at radius 1 is 1.26 bits per heavy atom. The van der Waals surface area contributed by atoms with Crippen molar-refractivity contribution in [1.29, 1.82) is 0 Å². The minimum absolute atomic E-state index is 0.0592. The van der Waals surface area contributed by atoms with Gasteiger partial charge in [-0.05, 0) is 57.5 Å². The molecule has 0 saturated carbocycles. The van der Waals surface area contributed by atoms with Crippen molar-refractivity contribution in [2.24, 2.45) is 0 Å². The minimum atomic E-state index is 0.0592. The highest BCUT2D eigenvalue weighted by atomic mass is 32.1. The normalized spacial score (nSPS) is 21.0. The lowest BCUT2D eigenvalue weighted by molar-refractivity contribution is 0.274. The van der Waals surface area contributed by atoms with E-state index in [9.17, 15) is 0 Å². The van der Waals surface area contributed by atoms with E-state index in [1.165, 1.54) is 5.69 Å². The molecular formula is C17H23N5S. The van der Waals surface area contributed by atoms with Gasteiger partial charge >= 0.3 is 0 Å². The molecule has 2 aromatic rings. The zero-order valence-corrected chi connectivity index (χ0v) is 14.6. The number of nitrogens with zero attached hydrogens (tertiary/aromatic N) is 3. The molecule has 0 unspecified atom stereocenters. The molecule has 3 heterocycles. The molecular weight excluding hydrogens is 306 g/mol. The molecule has 1 fully saturated rings. The van der Waals surface area contributed by atoms with E-state index in [1.807, 2.05) is 18.3 Å². The Labute approximate surface area is 142 Å². The number of thiocarbonyl (C=S) groups is 1. The summed E-state index contributed by atoms with van der Waals surface area (Å²) in [5.41, 5.74) is 3.34. The maximum atomic E-state index is 5.61. The van der Waals surface area contributed by atoms with Crippen LogP contribution in [0.4, 0.5) is 0 Å². The first kappa shape index (κ1) is 16.0. The van der Waals surface area contributed by atoms with E-state index >= 15 is 0 Å². The Balaban J connectivity index is 1.94. The van der Waals surface area contributed by atoms with Crippen LogP contribution >= 0.6 is 12.2 Å². The molecule has 6 heteroatoms. The van der Waals surface area contributed by atoms with Crippen LogP contribution in [0.5, 0.6) is 0 Å². The van der Waals surface area contributed by atoms with Crippen molar-refractivity contribution >= 4 is 17.3 Å². The van der Waals surface area contributed by atoms with Gasteiger partial charge < -0.3 is 20.1 Å². The molecule has 2 atom stereocenters. The number of rotatable bonds is 5. The smallest absolute Gasteiger partial charge is 0.170 e. The van der Waals surface area contributed by atoms with E-state index in [2.05, 4.69) is 64.3 Å². The minimum Gasteiger partial charge on any atom is -0.361 e. The number of pyridine rings is 1. The second-order valence-corrected chi connectivity index (χ2v) is 6.61. The summed E-state index contributed by atoms with van der Waals surface area (Å²) >= 11 is 5.61. The molecule has 0 aliphatic carbocycles. The van der Waals surface area contributed by atoms with Crippen LogP contribution in [-0.2, 0) is 0 Å². The second kappa shape index (κ2) is 6.68. The van der Waals surface area contributed by atoms with Crippen LogP contribution in [-0.4, -0.2) is 52.1 Å². The van der Waals surface area contributed by atoms with E-state index in [1.54, 1.807) is 0 Å². The number of aromatic amines is 1. The molecule has 3 rings (SSSR count). The van der Waals surface area contributed by atoms with Crippen LogP contribution in [0.3, 0.4) is 0 Å². The van der Waals surface area contributed by atoms with Gasteiger partial charge in [-0.15, -0.1) is 0 Å². The summed E-state index contributed by atoms with van der Waals surface area (Å²) in [6, 6.07) is 10.5. The lowest BCUT2D eigenvalue weighted by Crippen LogP contribution is -2.35. The van der Waals surface area contributed by atoms with E-state index in [0.29, 0.717) is 0 Å². The highest BCUT2D eigenvalue weighted by molar-refractivity contribution is 7.80. The SMILES string of the molecule is Cc1ccc([C@H]2[C@H](c3ccccn3)NC(=S)N2CCN(C)C)[nH]1. The van der Waals surface area contributed by atoms with Gasteiger partial charge in [0.05, 0.1) is 17.8 Å². The zero-order valence-electron chi connectivity index (χ0n) is 13.8. The van der Waals surface area contributed by atoms with Gasteiger partial charge in [-0.25, -0.2) is 0 Å². The summed E-state index contributed by atoms with van der Waals surface area (Å²) in [7, 11) is 4.16. The highest BCUT2D eigenvalue weighted by Gasteiger charge is 2.40.